The van der Waals surface area contributed by atoms with E-state index in [1.807, 2.05) is 0 Å². The lowest BCUT2D eigenvalue weighted by Gasteiger charge is -2.36. The maximum Gasteiger partial charge on any atom is 0.0616 e. The van der Waals surface area contributed by atoms with Crippen LogP contribution >= 0.6 is 0 Å². The molecule has 1 fully saturated rings. The molecule has 1 aliphatic carbocycles. The van der Waals surface area contributed by atoms with E-state index in [9.17, 15) is 5.11 Å². The Labute approximate surface area is 126 Å². The van der Waals surface area contributed by atoms with Gasteiger partial charge in [-0.3, -0.25) is 0 Å². The van der Waals surface area contributed by atoms with Crippen LogP contribution < -0.4 is 5.32 Å². The molecular formula is C17H36N2O. The zero-order valence-corrected chi connectivity index (χ0v) is 14.1. The van der Waals surface area contributed by atoms with Gasteiger partial charge in [0.15, 0.2) is 0 Å². The zero-order valence-electron chi connectivity index (χ0n) is 14.1. The van der Waals surface area contributed by atoms with E-state index < -0.39 is 0 Å². The van der Waals surface area contributed by atoms with Gasteiger partial charge < -0.3 is 15.3 Å². The third kappa shape index (κ3) is 4.71. The fourth-order valence-corrected chi connectivity index (χ4v) is 3.65. The summed E-state index contributed by atoms with van der Waals surface area (Å²) in [6.07, 6.45) is 8.56. The summed E-state index contributed by atoms with van der Waals surface area (Å²) in [5.74, 6) is 0.635. The highest BCUT2D eigenvalue weighted by atomic mass is 16.3. The van der Waals surface area contributed by atoms with E-state index in [4.69, 9.17) is 0 Å². The number of nitrogens with one attached hydrogen (secondary N) is 1. The van der Waals surface area contributed by atoms with Crippen molar-refractivity contribution in [1.82, 2.24) is 10.2 Å². The second-order valence-electron chi connectivity index (χ2n) is 6.74. The van der Waals surface area contributed by atoms with Crippen molar-refractivity contribution in [1.29, 1.82) is 0 Å². The maximum atomic E-state index is 9.90. The summed E-state index contributed by atoms with van der Waals surface area (Å²) in [6.45, 7) is 9.26. The van der Waals surface area contributed by atoms with Gasteiger partial charge in [0, 0.05) is 11.6 Å². The van der Waals surface area contributed by atoms with Gasteiger partial charge >= 0.3 is 0 Å². The molecule has 1 saturated carbocycles. The van der Waals surface area contributed by atoms with Gasteiger partial charge in [0.1, 0.15) is 0 Å². The van der Waals surface area contributed by atoms with Gasteiger partial charge in [-0.1, -0.05) is 26.7 Å². The molecule has 0 aromatic carbocycles. The Kier molecular flexibility index (Phi) is 8.08. The Hall–Kier alpha value is -0.120. The molecule has 0 amide bonds. The highest BCUT2D eigenvalue weighted by Gasteiger charge is 2.41. The summed E-state index contributed by atoms with van der Waals surface area (Å²) in [7, 11) is 2.25. The Morgan fingerprint density at radius 1 is 1.35 bits per heavy atom. The summed E-state index contributed by atoms with van der Waals surface area (Å²) in [5.41, 5.74) is 0.00481. The highest BCUT2D eigenvalue weighted by molar-refractivity contribution is 4.99. The van der Waals surface area contributed by atoms with Crippen molar-refractivity contribution < 1.29 is 5.11 Å². The SMILES string of the molecule is CCCNC1(CO)CCCC1CCN(C)C(C)CCC. The number of nitrogens with zero attached hydrogens (tertiary/aromatic N) is 1. The molecule has 0 aromatic rings. The quantitative estimate of drug-likeness (QED) is 0.647. The van der Waals surface area contributed by atoms with Crippen LogP contribution in [0.25, 0.3) is 0 Å². The summed E-state index contributed by atoms with van der Waals surface area (Å²) in [6, 6.07) is 0.675. The molecule has 0 spiro atoms. The van der Waals surface area contributed by atoms with Crippen molar-refractivity contribution in [2.24, 2.45) is 5.92 Å². The van der Waals surface area contributed by atoms with E-state index >= 15 is 0 Å². The molecule has 0 radical (unpaired) electrons. The predicted octanol–water partition coefficient (Wildman–Crippen LogP) is 3.03. The average Bonchev–Trinajstić information content (AvgIpc) is 2.86. The summed E-state index contributed by atoms with van der Waals surface area (Å²) >= 11 is 0. The topological polar surface area (TPSA) is 35.5 Å². The molecule has 2 N–H and O–H groups in total. The molecule has 120 valence electrons. The molecule has 1 rings (SSSR count). The van der Waals surface area contributed by atoms with Crippen molar-refractivity contribution in [3.63, 3.8) is 0 Å². The first-order valence-electron chi connectivity index (χ1n) is 8.65. The van der Waals surface area contributed by atoms with Crippen LogP contribution in [0.4, 0.5) is 0 Å². The van der Waals surface area contributed by atoms with Gasteiger partial charge in [0.05, 0.1) is 6.61 Å². The fourth-order valence-electron chi connectivity index (χ4n) is 3.65. The van der Waals surface area contributed by atoms with E-state index in [0.717, 1.165) is 25.9 Å². The zero-order chi connectivity index (χ0) is 15.0. The molecule has 3 unspecified atom stereocenters. The molecule has 3 heteroatoms. The maximum absolute atomic E-state index is 9.90. The molecule has 1 aliphatic rings. The van der Waals surface area contributed by atoms with Gasteiger partial charge in [-0.2, -0.15) is 0 Å². The van der Waals surface area contributed by atoms with Crippen molar-refractivity contribution in [2.75, 3.05) is 26.7 Å². The number of aliphatic hydroxyl groups is 1. The summed E-state index contributed by atoms with van der Waals surface area (Å²) in [4.78, 5) is 2.49. The second kappa shape index (κ2) is 9.01. The molecular weight excluding hydrogens is 248 g/mol. The van der Waals surface area contributed by atoms with E-state index in [-0.39, 0.29) is 5.54 Å². The van der Waals surface area contributed by atoms with Crippen LogP contribution in [0.2, 0.25) is 0 Å². The number of aliphatic hydroxyl groups excluding tert-OH is 1. The minimum Gasteiger partial charge on any atom is -0.394 e. The summed E-state index contributed by atoms with van der Waals surface area (Å²) < 4.78 is 0. The molecule has 0 saturated heterocycles. The predicted molar refractivity (Wildman–Crippen MR) is 87.1 cm³/mol. The van der Waals surface area contributed by atoms with Gasteiger partial charge in [0.25, 0.3) is 0 Å². The first kappa shape index (κ1) is 17.9. The van der Waals surface area contributed by atoms with Crippen LogP contribution in [0.5, 0.6) is 0 Å². The second-order valence-corrected chi connectivity index (χ2v) is 6.74. The Balaban J connectivity index is 2.48. The lowest BCUT2D eigenvalue weighted by molar-refractivity contribution is 0.109. The monoisotopic (exact) mass is 284 g/mol. The summed E-state index contributed by atoms with van der Waals surface area (Å²) in [5, 5.41) is 13.6. The molecule has 0 bridgehead atoms. The minimum atomic E-state index is 0.00481. The molecule has 0 heterocycles. The lowest BCUT2D eigenvalue weighted by Crippen LogP contribution is -2.52. The highest BCUT2D eigenvalue weighted by Crippen LogP contribution is 2.37. The van der Waals surface area contributed by atoms with E-state index in [1.165, 1.54) is 32.1 Å². The number of hydrogen-bond acceptors (Lipinski definition) is 3. The Morgan fingerprint density at radius 2 is 2.10 bits per heavy atom. The van der Waals surface area contributed by atoms with Crippen molar-refractivity contribution >= 4 is 0 Å². The first-order chi connectivity index (χ1) is 9.59. The standard InChI is InChI=1S/C17H36N2O/c1-5-8-15(3)19(4)13-10-16-9-7-11-17(16,14-20)18-12-6-2/h15-16,18,20H,5-14H2,1-4H3. The fraction of sp³-hybridized carbons (Fsp3) is 1.00. The Bertz CT molecular complexity index is 259. The van der Waals surface area contributed by atoms with Crippen LogP contribution in [0.1, 0.15) is 65.7 Å². The number of hydrogen-bond donors (Lipinski definition) is 2. The normalized spacial score (nSPS) is 28.2. The van der Waals surface area contributed by atoms with Crippen molar-refractivity contribution in [2.45, 2.75) is 77.3 Å². The van der Waals surface area contributed by atoms with Crippen LogP contribution in [-0.4, -0.2) is 48.3 Å². The third-order valence-corrected chi connectivity index (χ3v) is 5.26. The van der Waals surface area contributed by atoms with Gasteiger partial charge in [-0.05, 0) is 65.1 Å². The van der Waals surface area contributed by atoms with Gasteiger partial charge in [-0.15, -0.1) is 0 Å². The first-order valence-corrected chi connectivity index (χ1v) is 8.65. The molecule has 20 heavy (non-hydrogen) atoms. The van der Waals surface area contributed by atoms with E-state index in [1.54, 1.807) is 0 Å². The average molecular weight is 284 g/mol. The smallest absolute Gasteiger partial charge is 0.0616 e. The van der Waals surface area contributed by atoms with Crippen molar-refractivity contribution in [3.8, 4) is 0 Å². The van der Waals surface area contributed by atoms with Gasteiger partial charge in [0.2, 0.25) is 0 Å². The van der Waals surface area contributed by atoms with Crippen LogP contribution in [0.3, 0.4) is 0 Å². The van der Waals surface area contributed by atoms with Crippen LogP contribution in [0.15, 0.2) is 0 Å². The Morgan fingerprint density at radius 3 is 2.70 bits per heavy atom. The van der Waals surface area contributed by atoms with Gasteiger partial charge in [-0.25, -0.2) is 0 Å². The number of rotatable bonds is 10. The lowest BCUT2D eigenvalue weighted by atomic mass is 9.85. The molecule has 0 aromatic heterocycles. The van der Waals surface area contributed by atoms with Crippen molar-refractivity contribution in [3.05, 3.63) is 0 Å². The van der Waals surface area contributed by atoms with E-state index in [0.29, 0.717) is 18.6 Å². The molecule has 3 nitrogen and oxygen atoms in total. The molecule has 0 aliphatic heterocycles. The third-order valence-electron chi connectivity index (χ3n) is 5.26. The van der Waals surface area contributed by atoms with Crippen LogP contribution in [-0.2, 0) is 0 Å². The largest absolute Gasteiger partial charge is 0.394 e. The minimum absolute atomic E-state index is 0.00481. The van der Waals surface area contributed by atoms with Crippen LogP contribution in [0, 0.1) is 5.92 Å². The molecule has 3 atom stereocenters. The van der Waals surface area contributed by atoms with E-state index in [2.05, 4.69) is 38.0 Å².